The molecule has 0 fully saturated rings. The molecule has 0 spiro atoms. The van der Waals surface area contributed by atoms with Gasteiger partial charge < -0.3 is 5.32 Å². The number of unbranched alkanes of at least 4 members (excludes halogenated alkanes) is 1. The second kappa shape index (κ2) is 8.19. The Labute approximate surface area is 166 Å². The number of hydrogen-bond donors (Lipinski definition) is 1. The Morgan fingerprint density at radius 3 is 2.83 bits per heavy atom. The third kappa shape index (κ3) is 4.04. The third-order valence-corrected chi connectivity index (χ3v) is 4.40. The van der Waals surface area contributed by atoms with Crippen molar-refractivity contribution < 1.29 is 0 Å². The van der Waals surface area contributed by atoms with Gasteiger partial charge in [-0.05, 0) is 18.1 Å². The molecule has 29 heavy (non-hydrogen) atoms. The zero-order valence-electron chi connectivity index (χ0n) is 15.5. The Morgan fingerprint density at radius 1 is 1.07 bits per heavy atom. The number of nitrogens with zero attached hydrogens (tertiary/aromatic N) is 8. The molecule has 0 unspecified atom stereocenters. The number of fused-ring (bicyclic) bond motifs is 1. The van der Waals surface area contributed by atoms with Crippen LogP contribution in [0, 0.1) is 22.7 Å². The first-order valence-corrected chi connectivity index (χ1v) is 9.10. The van der Waals surface area contributed by atoms with Crippen molar-refractivity contribution in [3.05, 3.63) is 60.2 Å². The number of anilines is 2. The zero-order chi connectivity index (χ0) is 20.1. The monoisotopic (exact) mass is 383 g/mol. The molecule has 0 atom stereocenters. The summed E-state index contributed by atoms with van der Waals surface area (Å²) in [6.07, 6.45) is 8.22. The number of aryl methyl sites for hydroxylation is 1. The molecule has 0 aliphatic rings. The maximum atomic E-state index is 9.30. The minimum atomic E-state index is 0.435. The van der Waals surface area contributed by atoms with E-state index < -0.39 is 0 Å². The second-order valence-corrected chi connectivity index (χ2v) is 6.42. The van der Waals surface area contributed by atoms with Crippen LogP contribution in [0.15, 0.2) is 49.1 Å². The molecule has 0 aliphatic heterocycles. The van der Waals surface area contributed by atoms with Crippen LogP contribution in [0.2, 0.25) is 0 Å². The van der Waals surface area contributed by atoms with Gasteiger partial charge >= 0.3 is 0 Å². The van der Waals surface area contributed by atoms with E-state index in [1.807, 2.05) is 24.4 Å². The van der Waals surface area contributed by atoms with E-state index >= 15 is 0 Å². The quantitative estimate of drug-likeness (QED) is 0.487. The molecule has 1 N–H and O–H groups in total. The van der Waals surface area contributed by atoms with Gasteiger partial charge in [0.15, 0.2) is 5.65 Å². The third-order valence-electron chi connectivity index (χ3n) is 4.40. The molecule has 0 radical (unpaired) electrons. The van der Waals surface area contributed by atoms with Crippen molar-refractivity contribution in [3.8, 4) is 12.1 Å². The van der Waals surface area contributed by atoms with Gasteiger partial charge in [-0.1, -0.05) is 18.2 Å². The van der Waals surface area contributed by atoms with Gasteiger partial charge in [-0.15, -0.1) is 0 Å². The minimum absolute atomic E-state index is 0.435. The van der Waals surface area contributed by atoms with Crippen molar-refractivity contribution in [2.45, 2.75) is 25.9 Å². The average molecular weight is 383 g/mol. The van der Waals surface area contributed by atoms with Crippen LogP contribution in [-0.2, 0) is 13.1 Å². The normalized spacial score (nSPS) is 10.6. The molecule has 9 nitrogen and oxygen atoms in total. The molecular formula is C20H17N9. The smallest absolute Gasteiger partial charge is 0.229 e. The van der Waals surface area contributed by atoms with Crippen molar-refractivity contribution in [3.63, 3.8) is 0 Å². The first kappa shape index (κ1) is 18.1. The summed E-state index contributed by atoms with van der Waals surface area (Å²) in [5.41, 5.74) is 2.94. The lowest BCUT2D eigenvalue weighted by molar-refractivity contribution is 0.586. The van der Waals surface area contributed by atoms with E-state index in [0.717, 1.165) is 23.1 Å². The molecule has 9 heteroatoms. The molecule has 1 aromatic carbocycles. The van der Waals surface area contributed by atoms with E-state index in [-0.39, 0.29) is 0 Å². The SMILES string of the molecule is N#CCCCn1cc(Nc2ncc3cnn(Cc4ccccc4C#N)c3n2)cn1. The van der Waals surface area contributed by atoms with Gasteiger partial charge in [0, 0.05) is 25.4 Å². The largest absolute Gasteiger partial charge is 0.321 e. The first-order chi connectivity index (χ1) is 14.3. The number of benzene rings is 1. The Balaban J connectivity index is 1.54. The molecule has 4 aromatic rings. The predicted octanol–water partition coefficient (Wildman–Crippen LogP) is 2.99. The molecule has 0 amide bonds. The Kier molecular flexibility index (Phi) is 5.12. The van der Waals surface area contributed by atoms with Crippen LogP contribution in [0.3, 0.4) is 0 Å². The van der Waals surface area contributed by atoms with Crippen LogP contribution in [0.25, 0.3) is 11.0 Å². The van der Waals surface area contributed by atoms with Crippen molar-refractivity contribution >= 4 is 22.7 Å². The van der Waals surface area contributed by atoms with Crippen LogP contribution >= 0.6 is 0 Å². The number of rotatable bonds is 7. The number of nitriles is 2. The van der Waals surface area contributed by atoms with Crippen LogP contribution in [0.4, 0.5) is 11.6 Å². The fourth-order valence-corrected chi connectivity index (χ4v) is 2.97. The predicted molar refractivity (Wildman–Crippen MR) is 106 cm³/mol. The van der Waals surface area contributed by atoms with Crippen molar-refractivity contribution in [2.24, 2.45) is 0 Å². The lowest BCUT2D eigenvalue weighted by atomic mass is 10.1. The minimum Gasteiger partial charge on any atom is -0.321 e. The maximum Gasteiger partial charge on any atom is 0.229 e. The molecule has 3 heterocycles. The molecule has 0 saturated heterocycles. The van der Waals surface area contributed by atoms with Gasteiger partial charge in [0.25, 0.3) is 0 Å². The van der Waals surface area contributed by atoms with Crippen molar-refractivity contribution in [1.29, 1.82) is 10.5 Å². The van der Waals surface area contributed by atoms with Gasteiger partial charge in [0.1, 0.15) is 0 Å². The molecule has 142 valence electrons. The highest BCUT2D eigenvalue weighted by molar-refractivity contribution is 5.75. The summed E-state index contributed by atoms with van der Waals surface area (Å²) in [5, 5.41) is 30.6. The molecule has 4 rings (SSSR count). The number of aromatic nitrogens is 6. The van der Waals surface area contributed by atoms with Gasteiger partial charge in [-0.3, -0.25) is 4.68 Å². The highest BCUT2D eigenvalue weighted by atomic mass is 15.3. The van der Waals surface area contributed by atoms with Crippen LogP contribution in [-0.4, -0.2) is 29.5 Å². The number of hydrogen-bond acceptors (Lipinski definition) is 7. The summed E-state index contributed by atoms with van der Waals surface area (Å²) in [4.78, 5) is 8.91. The van der Waals surface area contributed by atoms with E-state index in [0.29, 0.717) is 36.7 Å². The molecule has 3 aromatic heterocycles. The fraction of sp³-hybridized carbons (Fsp3) is 0.200. The summed E-state index contributed by atoms with van der Waals surface area (Å²) in [6.45, 7) is 1.13. The van der Waals surface area contributed by atoms with Gasteiger partial charge in [0.2, 0.25) is 5.95 Å². The molecule has 0 bridgehead atoms. The standard InChI is InChI=1S/C20H17N9/c21-7-3-4-8-28-14-18(12-24-28)26-20-23-10-17-11-25-29(19(17)27-20)13-16-6-2-1-5-15(16)9-22/h1-2,5-6,10-12,14H,3-4,8,13H2,(H,23,26,27). The Bertz CT molecular complexity index is 1220. The van der Waals surface area contributed by atoms with Crippen LogP contribution in [0.1, 0.15) is 24.0 Å². The van der Waals surface area contributed by atoms with E-state index in [2.05, 4.69) is 37.6 Å². The lowest BCUT2D eigenvalue weighted by Gasteiger charge is -2.06. The number of nitrogens with one attached hydrogen (secondary N) is 1. The van der Waals surface area contributed by atoms with Crippen molar-refractivity contribution in [1.82, 2.24) is 29.5 Å². The maximum absolute atomic E-state index is 9.30. The topological polar surface area (TPSA) is 121 Å². The highest BCUT2D eigenvalue weighted by Crippen LogP contribution is 2.18. The zero-order valence-corrected chi connectivity index (χ0v) is 15.5. The van der Waals surface area contributed by atoms with Crippen LogP contribution in [0.5, 0.6) is 0 Å². The van der Waals surface area contributed by atoms with Gasteiger partial charge in [-0.25, -0.2) is 9.67 Å². The molecular weight excluding hydrogens is 366 g/mol. The molecule has 0 saturated carbocycles. The Hall–Kier alpha value is -4.24. The summed E-state index contributed by atoms with van der Waals surface area (Å²) >= 11 is 0. The second-order valence-electron chi connectivity index (χ2n) is 6.42. The lowest BCUT2D eigenvalue weighted by Crippen LogP contribution is -2.05. The summed E-state index contributed by atoms with van der Waals surface area (Å²) in [5.74, 6) is 0.435. The van der Waals surface area contributed by atoms with Gasteiger partial charge in [0.05, 0.1) is 47.7 Å². The summed E-state index contributed by atoms with van der Waals surface area (Å²) < 4.78 is 3.53. The van der Waals surface area contributed by atoms with E-state index in [4.69, 9.17) is 5.26 Å². The molecule has 0 aliphatic carbocycles. The first-order valence-electron chi connectivity index (χ1n) is 9.10. The van der Waals surface area contributed by atoms with E-state index in [9.17, 15) is 5.26 Å². The van der Waals surface area contributed by atoms with Crippen molar-refractivity contribution in [2.75, 3.05) is 5.32 Å². The summed E-state index contributed by atoms with van der Waals surface area (Å²) in [6, 6.07) is 11.8. The summed E-state index contributed by atoms with van der Waals surface area (Å²) in [7, 11) is 0. The van der Waals surface area contributed by atoms with E-state index in [1.165, 1.54) is 0 Å². The van der Waals surface area contributed by atoms with Crippen LogP contribution < -0.4 is 5.32 Å². The Morgan fingerprint density at radius 2 is 1.97 bits per heavy atom. The fourth-order valence-electron chi connectivity index (χ4n) is 2.97. The van der Waals surface area contributed by atoms with E-state index in [1.54, 1.807) is 34.0 Å². The average Bonchev–Trinajstić information content (AvgIpc) is 3.36. The highest BCUT2D eigenvalue weighted by Gasteiger charge is 2.10. The van der Waals surface area contributed by atoms with Gasteiger partial charge in [-0.2, -0.15) is 25.7 Å².